The van der Waals surface area contributed by atoms with Crippen molar-refractivity contribution >= 4 is 34.2 Å². The zero-order chi connectivity index (χ0) is 24.5. The molecule has 1 unspecified atom stereocenters. The van der Waals surface area contributed by atoms with Crippen LogP contribution in [0.4, 0.5) is 36.4 Å². The zero-order valence-corrected chi connectivity index (χ0v) is 17.8. The number of hydrogen-bond acceptors (Lipinski definition) is 6. The monoisotopic (exact) mass is 511 g/mol. The lowest BCUT2D eigenvalue weighted by molar-refractivity contribution is -0.388. The summed E-state index contributed by atoms with van der Waals surface area (Å²) < 4.78 is 102. The number of carbonyl (C=O) groups excluding carboxylic acids is 1. The highest BCUT2D eigenvalue weighted by atomic mass is 32.2. The Bertz CT molecular complexity index is 906. The molecule has 0 spiro atoms. The molecular formula is C16H16F7N3O4S2. The number of carbonyl (C=O) groups is 1. The smallest absolute Gasteiger partial charge is 0.339 e. The van der Waals surface area contributed by atoms with Crippen molar-refractivity contribution in [1.82, 2.24) is 9.80 Å². The molecule has 1 aliphatic heterocycles. The molecule has 1 atom stereocenters. The molecule has 16 heteroatoms. The fourth-order valence-corrected chi connectivity index (χ4v) is 4.56. The van der Waals surface area contributed by atoms with E-state index in [0.717, 1.165) is 6.07 Å². The first-order valence-electron chi connectivity index (χ1n) is 8.71. The lowest BCUT2D eigenvalue weighted by atomic mass is 10.3. The summed E-state index contributed by atoms with van der Waals surface area (Å²) in [4.78, 5) is 24.4. The van der Waals surface area contributed by atoms with Crippen LogP contribution in [0.2, 0.25) is 0 Å². The van der Waals surface area contributed by atoms with Crippen molar-refractivity contribution in [2.75, 3.05) is 39.0 Å². The highest BCUT2D eigenvalue weighted by Crippen LogP contribution is 2.49. The largest absolute Gasteiger partial charge is 0.461 e. The summed E-state index contributed by atoms with van der Waals surface area (Å²) in [7, 11) is -2.40. The molecule has 1 aromatic rings. The number of nitro groups is 1. The van der Waals surface area contributed by atoms with Gasteiger partial charge in [0, 0.05) is 32.2 Å². The topological polar surface area (TPSA) is 83.8 Å². The number of nitro benzene ring substituents is 1. The Hall–Kier alpha value is -1.94. The second-order valence-corrected chi connectivity index (χ2v) is 9.26. The van der Waals surface area contributed by atoms with Gasteiger partial charge in [-0.2, -0.15) is 30.7 Å². The maximum Gasteiger partial charge on any atom is 0.461 e. The second kappa shape index (κ2) is 9.51. The van der Waals surface area contributed by atoms with Crippen LogP contribution in [0.1, 0.15) is 0 Å². The van der Waals surface area contributed by atoms with Gasteiger partial charge in [0.2, 0.25) is 5.91 Å². The van der Waals surface area contributed by atoms with Gasteiger partial charge in [-0.15, -0.1) is 11.8 Å². The van der Waals surface area contributed by atoms with Gasteiger partial charge in [-0.1, -0.05) is 0 Å². The molecular weight excluding hydrogens is 495 g/mol. The van der Waals surface area contributed by atoms with Gasteiger partial charge in [0.25, 0.3) is 5.69 Å². The number of thioether (sulfide) groups is 1. The molecule has 7 nitrogen and oxygen atoms in total. The summed E-state index contributed by atoms with van der Waals surface area (Å²) >= 11 is 0.655. The molecule has 0 aromatic heterocycles. The lowest BCUT2D eigenvalue weighted by Gasteiger charge is -2.32. The van der Waals surface area contributed by atoms with Crippen LogP contribution in [-0.4, -0.2) is 81.2 Å². The molecule has 1 aliphatic rings. The van der Waals surface area contributed by atoms with E-state index in [1.807, 2.05) is 11.9 Å². The number of benzene rings is 1. The Morgan fingerprint density at radius 3 is 2.19 bits per heavy atom. The Morgan fingerprint density at radius 1 is 1.12 bits per heavy atom. The standard InChI is InChI=1S/C16H16F7N3O4S2/c1-24-4-6-25(7-5-24)13(27)9-31-12-3-2-10(8-11(12)26(28)29)32(30)16(22,23)14(17,18)15(19,20)21/h2-3,8H,4-7,9H2,1H3. The van der Waals surface area contributed by atoms with E-state index < -0.39 is 43.7 Å². The van der Waals surface area contributed by atoms with Crippen LogP contribution in [-0.2, 0) is 15.6 Å². The van der Waals surface area contributed by atoms with E-state index in [-0.39, 0.29) is 22.6 Å². The molecule has 0 radical (unpaired) electrons. The number of rotatable bonds is 7. The van der Waals surface area contributed by atoms with E-state index in [0.29, 0.717) is 44.0 Å². The van der Waals surface area contributed by atoms with Crippen LogP contribution in [0.5, 0.6) is 0 Å². The molecule has 0 aliphatic carbocycles. The van der Waals surface area contributed by atoms with Crippen LogP contribution in [0.25, 0.3) is 0 Å². The number of likely N-dealkylation sites (N-methyl/N-ethyl adjacent to an activating group) is 1. The fraction of sp³-hybridized carbons (Fsp3) is 0.562. The van der Waals surface area contributed by atoms with E-state index in [1.54, 1.807) is 0 Å². The summed E-state index contributed by atoms with van der Waals surface area (Å²) in [6.07, 6.45) is -6.70. The number of amides is 1. The van der Waals surface area contributed by atoms with Gasteiger partial charge < -0.3 is 9.80 Å². The Kier molecular flexibility index (Phi) is 7.82. The van der Waals surface area contributed by atoms with Gasteiger partial charge >= 0.3 is 17.4 Å². The Labute approximate surface area is 183 Å². The van der Waals surface area contributed by atoms with Crippen molar-refractivity contribution < 1.29 is 44.7 Å². The number of halogens is 7. The van der Waals surface area contributed by atoms with Crippen LogP contribution in [0.3, 0.4) is 0 Å². The Morgan fingerprint density at radius 2 is 1.69 bits per heavy atom. The van der Waals surface area contributed by atoms with Gasteiger partial charge in [-0.3, -0.25) is 14.9 Å². The average molecular weight is 511 g/mol. The maximum absolute atomic E-state index is 13.7. The molecule has 1 amide bonds. The fourth-order valence-electron chi connectivity index (χ4n) is 2.59. The van der Waals surface area contributed by atoms with Crippen molar-refractivity contribution in [3.05, 3.63) is 28.3 Å². The average Bonchev–Trinajstić information content (AvgIpc) is 2.70. The molecule has 0 bridgehead atoms. The van der Waals surface area contributed by atoms with E-state index >= 15 is 0 Å². The minimum absolute atomic E-state index is 0.232. The predicted octanol–water partition coefficient (Wildman–Crippen LogP) is 3.36. The van der Waals surface area contributed by atoms with E-state index in [9.17, 15) is 49.9 Å². The van der Waals surface area contributed by atoms with Gasteiger partial charge in [0.05, 0.1) is 20.5 Å². The quantitative estimate of drug-likeness (QED) is 0.242. The molecule has 1 aromatic carbocycles. The third kappa shape index (κ3) is 5.33. The summed E-state index contributed by atoms with van der Waals surface area (Å²) in [5.41, 5.74) is -0.960. The minimum Gasteiger partial charge on any atom is -0.339 e. The normalized spacial score (nSPS) is 17.3. The maximum atomic E-state index is 13.7. The van der Waals surface area contributed by atoms with E-state index in [2.05, 4.69) is 0 Å². The SMILES string of the molecule is CN1CCN(C(=O)CSc2ccc(S(=O)C(F)(F)C(F)(F)C(F)(F)F)cc2[N+](=O)[O-])CC1. The molecule has 2 rings (SSSR count). The van der Waals surface area contributed by atoms with Crippen molar-refractivity contribution in [2.45, 2.75) is 27.1 Å². The summed E-state index contributed by atoms with van der Waals surface area (Å²) in [6, 6.07) is 1.53. The number of alkyl halides is 7. The van der Waals surface area contributed by atoms with E-state index in [4.69, 9.17) is 0 Å². The van der Waals surface area contributed by atoms with Gasteiger partial charge in [0.15, 0.2) is 0 Å². The predicted molar refractivity (Wildman–Crippen MR) is 100 cm³/mol. The molecule has 0 saturated carbocycles. The van der Waals surface area contributed by atoms with Gasteiger partial charge in [0.1, 0.15) is 10.8 Å². The highest BCUT2D eigenvalue weighted by molar-refractivity contribution is 8.00. The molecule has 1 saturated heterocycles. The first-order valence-corrected chi connectivity index (χ1v) is 10.8. The summed E-state index contributed by atoms with van der Waals surface area (Å²) in [5.74, 6) is -7.27. The first kappa shape index (κ1) is 26.3. The van der Waals surface area contributed by atoms with Crippen molar-refractivity contribution in [2.24, 2.45) is 0 Å². The highest BCUT2D eigenvalue weighted by Gasteiger charge is 2.76. The van der Waals surface area contributed by atoms with Crippen molar-refractivity contribution in [3.8, 4) is 0 Å². The molecule has 0 N–H and O–H groups in total. The third-order valence-corrected chi connectivity index (χ3v) is 6.95. The van der Waals surface area contributed by atoms with Crippen LogP contribution in [0.15, 0.2) is 28.0 Å². The van der Waals surface area contributed by atoms with Crippen LogP contribution >= 0.6 is 11.8 Å². The molecule has 180 valence electrons. The molecule has 1 heterocycles. The van der Waals surface area contributed by atoms with E-state index in [1.165, 1.54) is 4.90 Å². The summed E-state index contributed by atoms with van der Waals surface area (Å²) in [6.45, 7) is 2.10. The van der Waals surface area contributed by atoms with Crippen LogP contribution < -0.4 is 0 Å². The van der Waals surface area contributed by atoms with Gasteiger partial charge in [-0.25, -0.2) is 4.21 Å². The lowest BCUT2D eigenvalue weighted by Crippen LogP contribution is -2.54. The number of nitrogens with zero attached hydrogens (tertiary/aromatic N) is 3. The summed E-state index contributed by atoms with van der Waals surface area (Å²) in [5, 5.41) is 5.18. The number of piperazine rings is 1. The second-order valence-electron chi connectivity index (χ2n) is 6.72. The van der Waals surface area contributed by atoms with Crippen molar-refractivity contribution in [3.63, 3.8) is 0 Å². The third-order valence-electron chi connectivity index (χ3n) is 4.50. The first-order chi connectivity index (χ1) is 14.6. The van der Waals surface area contributed by atoms with Crippen LogP contribution in [0, 0.1) is 10.1 Å². The molecule has 32 heavy (non-hydrogen) atoms. The number of hydrogen-bond donors (Lipinski definition) is 0. The van der Waals surface area contributed by atoms with Gasteiger partial charge in [-0.05, 0) is 19.2 Å². The zero-order valence-electron chi connectivity index (χ0n) is 16.2. The molecule has 1 fully saturated rings. The Balaban J connectivity index is 2.23. The minimum atomic E-state index is -6.70. The van der Waals surface area contributed by atoms with Crippen molar-refractivity contribution in [1.29, 1.82) is 0 Å².